The van der Waals surface area contributed by atoms with Crippen LogP contribution in [0.25, 0.3) is 0 Å². The van der Waals surface area contributed by atoms with Gasteiger partial charge >= 0.3 is 0 Å². The minimum absolute atomic E-state index is 0.0647. The number of rotatable bonds is 8. The first-order valence-electron chi connectivity index (χ1n) is 7.63. The largest absolute Gasteiger partial charge is 0.488 e. The fraction of sp³-hybridized carbons (Fsp3) is 0.150. The van der Waals surface area contributed by atoms with Gasteiger partial charge in [-0.25, -0.2) is 0 Å². The molecule has 124 valence electrons. The van der Waals surface area contributed by atoms with E-state index in [4.69, 9.17) is 4.74 Å². The highest BCUT2D eigenvalue weighted by molar-refractivity contribution is 9.10. The summed E-state index contributed by atoms with van der Waals surface area (Å²) in [5.74, 6) is 0.638. The van der Waals surface area contributed by atoms with E-state index < -0.39 is 0 Å². The molecule has 2 aromatic carbocycles. The van der Waals surface area contributed by atoms with E-state index in [0.29, 0.717) is 31.0 Å². The van der Waals surface area contributed by atoms with Gasteiger partial charge in [-0.3, -0.25) is 4.79 Å². The van der Waals surface area contributed by atoms with Crippen molar-refractivity contribution in [1.82, 2.24) is 4.90 Å². The fourth-order valence-corrected chi connectivity index (χ4v) is 2.71. The molecule has 2 rings (SSSR count). The molecule has 0 N–H and O–H groups in total. The van der Waals surface area contributed by atoms with Gasteiger partial charge in [0.1, 0.15) is 12.4 Å². The summed E-state index contributed by atoms with van der Waals surface area (Å²) in [5, 5.41) is 0. The Hall–Kier alpha value is -2.33. The van der Waals surface area contributed by atoms with E-state index in [-0.39, 0.29) is 5.91 Å². The lowest BCUT2D eigenvalue weighted by Crippen LogP contribution is -2.31. The number of benzene rings is 2. The third kappa shape index (κ3) is 4.83. The van der Waals surface area contributed by atoms with Crippen LogP contribution in [0.1, 0.15) is 15.9 Å². The predicted octanol–water partition coefficient (Wildman–Crippen LogP) is 4.84. The van der Waals surface area contributed by atoms with Crippen LogP contribution in [-0.2, 0) is 6.61 Å². The molecular formula is C20H20BrNO2. The number of ether oxygens (including phenoxy) is 1. The normalized spacial score (nSPS) is 10.0. The molecule has 0 bridgehead atoms. The summed E-state index contributed by atoms with van der Waals surface area (Å²) in [6.45, 7) is 8.81. The van der Waals surface area contributed by atoms with Crippen molar-refractivity contribution in [2.75, 3.05) is 13.1 Å². The Balaban J connectivity index is 2.09. The van der Waals surface area contributed by atoms with E-state index in [2.05, 4.69) is 29.1 Å². The molecule has 0 aliphatic rings. The van der Waals surface area contributed by atoms with Gasteiger partial charge in [-0.05, 0) is 39.7 Å². The van der Waals surface area contributed by atoms with Gasteiger partial charge in [0.15, 0.2) is 0 Å². The third-order valence-corrected chi connectivity index (χ3v) is 4.02. The second kappa shape index (κ2) is 9.08. The highest BCUT2D eigenvalue weighted by Gasteiger charge is 2.15. The van der Waals surface area contributed by atoms with E-state index in [1.807, 2.05) is 30.3 Å². The van der Waals surface area contributed by atoms with Crippen molar-refractivity contribution >= 4 is 21.8 Å². The second-order valence-corrected chi connectivity index (χ2v) is 6.06. The van der Waals surface area contributed by atoms with Crippen LogP contribution in [0.2, 0.25) is 0 Å². The molecule has 2 aromatic rings. The van der Waals surface area contributed by atoms with Gasteiger partial charge in [-0.2, -0.15) is 0 Å². The van der Waals surface area contributed by atoms with Crippen LogP contribution in [-0.4, -0.2) is 23.9 Å². The van der Waals surface area contributed by atoms with Gasteiger partial charge in [0.25, 0.3) is 5.91 Å². The van der Waals surface area contributed by atoms with E-state index in [1.54, 1.807) is 35.3 Å². The number of nitrogens with zero attached hydrogens (tertiary/aromatic N) is 1. The van der Waals surface area contributed by atoms with Crippen molar-refractivity contribution in [1.29, 1.82) is 0 Å². The van der Waals surface area contributed by atoms with E-state index in [9.17, 15) is 4.79 Å². The summed E-state index contributed by atoms with van der Waals surface area (Å²) < 4.78 is 6.56. The van der Waals surface area contributed by atoms with Gasteiger partial charge in [0.05, 0.1) is 4.47 Å². The van der Waals surface area contributed by atoms with Crippen LogP contribution in [0.4, 0.5) is 0 Å². The zero-order valence-electron chi connectivity index (χ0n) is 13.5. The summed E-state index contributed by atoms with van der Waals surface area (Å²) in [6, 6.07) is 15.3. The highest BCUT2D eigenvalue weighted by atomic mass is 79.9. The first-order chi connectivity index (χ1) is 11.7. The molecular weight excluding hydrogens is 366 g/mol. The zero-order valence-corrected chi connectivity index (χ0v) is 15.0. The molecule has 3 nitrogen and oxygen atoms in total. The lowest BCUT2D eigenvalue weighted by Gasteiger charge is -2.19. The van der Waals surface area contributed by atoms with Crippen LogP contribution >= 0.6 is 15.9 Å². The van der Waals surface area contributed by atoms with Crippen molar-refractivity contribution < 1.29 is 9.53 Å². The Morgan fingerprint density at radius 2 is 1.75 bits per heavy atom. The second-order valence-electron chi connectivity index (χ2n) is 5.21. The summed E-state index contributed by atoms with van der Waals surface area (Å²) in [6.07, 6.45) is 3.40. The molecule has 1 amide bonds. The number of hydrogen-bond donors (Lipinski definition) is 0. The molecule has 0 aliphatic heterocycles. The maximum absolute atomic E-state index is 12.5. The molecule has 0 aliphatic carbocycles. The molecule has 4 heteroatoms. The first-order valence-corrected chi connectivity index (χ1v) is 8.42. The Kier molecular flexibility index (Phi) is 6.82. The van der Waals surface area contributed by atoms with E-state index >= 15 is 0 Å². The molecule has 0 unspecified atom stereocenters. The highest BCUT2D eigenvalue weighted by Crippen LogP contribution is 2.27. The molecule has 0 radical (unpaired) electrons. The van der Waals surface area contributed by atoms with Gasteiger partial charge in [-0.15, -0.1) is 13.2 Å². The van der Waals surface area contributed by atoms with Gasteiger partial charge < -0.3 is 9.64 Å². The Morgan fingerprint density at radius 3 is 2.33 bits per heavy atom. The van der Waals surface area contributed by atoms with E-state index in [0.717, 1.165) is 10.0 Å². The maximum atomic E-state index is 12.5. The lowest BCUT2D eigenvalue weighted by molar-refractivity contribution is 0.0790. The van der Waals surface area contributed by atoms with Crippen molar-refractivity contribution in [2.24, 2.45) is 0 Å². The van der Waals surface area contributed by atoms with Gasteiger partial charge in [0, 0.05) is 18.7 Å². The number of carbonyl (C=O) groups excluding carboxylic acids is 1. The molecule has 24 heavy (non-hydrogen) atoms. The summed E-state index contributed by atoms with van der Waals surface area (Å²) >= 11 is 3.48. The lowest BCUT2D eigenvalue weighted by atomic mass is 10.2. The van der Waals surface area contributed by atoms with Crippen molar-refractivity contribution in [3.05, 3.63) is 89.4 Å². The monoisotopic (exact) mass is 385 g/mol. The fourth-order valence-electron chi connectivity index (χ4n) is 2.22. The van der Waals surface area contributed by atoms with Crippen LogP contribution < -0.4 is 4.74 Å². The summed E-state index contributed by atoms with van der Waals surface area (Å²) in [5.41, 5.74) is 1.69. The average molecular weight is 386 g/mol. The minimum Gasteiger partial charge on any atom is -0.488 e. The molecule has 0 aromatic heterocycles. The maximum Gasteiger partial charge on any atom is 0.254 e. The zero-order chi connectivity index (χ0) is 17.4. The molecule has 0 atom stereocenters. The first kappa shape index (κ1) is 18.0. The van der Waals surface area contributed by atoms with Crippen molar-refractivity contribution in [3.63, 3.8) is 0 Å². The van der Waals surface area contributed by atoms with Crippen LogP contribution in [0.15, 0.2) is 78.3 Å². The molecule has 0 fully saturated rings. The molecule has 0 saturated heterocycles. The van der Waals surface area contributed by atoms with E-state index in [1.165, 1.54) is 0 Å². The number of hydrogen-bond acceptors (Lipinski definition) is 2. The van der Waals surface area contributed by atoms with Crippen molar-refractivity contribution in [2.45, 2.75) is 6.61 Å². The third-order valence-electron chi connectivity index (χ3n) is 3.40. The van der Waals surface area contributed by atoms with Crippen LogP contribution in [0, 0.1) is 0 Å². The predicted molar refractivity (Wildman–Crippen MR) is 101 cm³/mol. The molecule has 0 heterocycles. The Morgan fingerprint density at radius 1 is 1.08 bits per heavy atom. The number of halogens is 1. The SMILES string of the molecule is C=CCN(CC=C)C(=O)c1ccc(OCc2ccccc2)c(Br)c1. The van der Waals surface area contributed by atoms with Gasteiger partial charge in [-0.1, -0.05) is 42.5 Å². The minimum atomic E-state index is -0.0647. The van der Waals surface area contributed by atoms with Crippen LogP contribution in [0.3, 0.4) is 0 Å². The molecule has 0 spiro atoms. The summed E-state index contributed by atoms with van der Waals surface area (Å²) in [7, 11) is 0. The molecule has 0 saturated carbocycles. The van der Waals surface area contributed by atoms with Crippen molar-refractivity contribution in [3.8, 4) is 5.75 Å². The van der Waals surface area contributed by atoms with Crippen LogP contribution in [0.5, 0.6) is 5.75 Å². The Bertz CT molecular complexity index is 703. The quantitative estimate of drug-likeness (QED) is 0.608. The smallest absolute Gasteiger partial charge is 0.254 e. The summed E-state index contributed by atoms with van der Waals surface area (Å²) in [4.78, 5) is 14.2. The Labute approximate surface area is 151 Å². The number of carbonyl (C=O) groups is 1. The average Bonchev–Trinajstić information content (AvgIpc) is 2.60. The standard InChI is InChI=1S/C20H20BrNO2/c1-3-12-22(13-4-2)20(23)17-10-11-19(18(21)14-17)24-15-16-8-6-5-7-9-16/h3-11,14H,1-2,12-13,15H2. The van der Waals surface area contributed by atoms with Gasteiger partial charge in [0.2, 0.25) is 0 Å². The topological polar surface area (TPSA) is 29.5 Å². The number of amides is 1.